The van der Waals surface area contributed by atoms with Crippen molar-refractivity contribution < 1.29 is 9.59 Å². The van der Waals surface area contributed by atoms with Gasteiger partial charge in [0.2, 0.25) is 11.8 Å². The molecular formula is C15H27N3O2. The van der Waals surface area contributed by atoms with Crippen molar-refractivity contribution in [3.05, 3.63) is 0 Å². The highest BCUT2D eigenvalue weighted by Crippen LogP contribution is 2.21. The Balaban J connectivity index is 2.14. The largest absolute Gasteiger partial charge is 0.344 e. The summed E-state index contributed by atoms with van der Waals surface area (Å²) in [5.74, 6) is 0.314. The summed E-state index contributed by atoms with van der Waals surface area (Å²) < 4.78 is 0. The minimum Gasteiger partial charge on any atom is -0.344 e. The molecule has 2 rings (SSSR count). The highest BCUT2D eigenvalue weighted by Gasteiger charge is 2.37. The number of amides is 2. The highest BCUT2D eigenvalue weighted by molar-refractivity contribution is 5.90. The lowest BCUT2D eigenvalue weighted by Gasteiger charge is -2.39. The fourth-order valence-corrected chi connectivity index (χ4v) is 3.20. The van der Waals surface area contributed by atoms with Crippen LogP contribution >= 0.6 is 0 Å². The third kappa shape index (κ3) is 3.32. The Morgan fingerprint density at radius 2 is 2.10 bits per heavy atom. The molecule has 3 unspecified atom stereocenters. The van der Waals surface area contributed by atoms with E-state index >= 15 is 0 Å². The highest BCUT2D eigenvalue weighted by atomic mass is 16.2. The lowest BCUT2D eigenvalue weighted by Crippen LogP contribution is -2.54. The summed E-state index contributed by atoms with van der Waals surface area (Å²) in [5.41, 5.74) is 0. The van der Waals surface area contributed by atoms with Gasteiger partial charge in [0.1, 0.15) is 6.04 Å². The van der Waals surface area contributed by atoms with Crippen LogP contribution in [0.3, 0.4) is 0 Å². The summed E-state index contributed by atoms with van der Waals surface area (Å²) in [6.45, 7) is 6.70. The van der Waals surface area contributed by atoms with Crippen molar-refractivity contribution in [3.63, 3.8) is 0 Å². The second-order valence-electron chi connectivity index (χ2n) is 6.27. The number of nitrogens with zero attached hydrogens (tertiary/aromatic N) is 2. The standard InChI is InChI=1S/C15H27N3O2/c1-4-11(2)14-15(20)18(9-7-13(19)16-14)12-6-5-8-17(3)10-12/h11-12,14H,4-10H2,1-3H3,(H,16,19). The monoisotopic (exact) mass is 281 g/mol. The van der Waals surface area contributed by atoms with E-state index in [-0.39, 0.29) is 29.8 Å². The van der Waals surface area contributed by atoms with Crippen LogP contribution in [0, 0.1) is 5.92 Å². The van der Waals surface area contributed by atoms with E-state index in [1.807, 2.05) is 11.8 Å². The van der Waals surface area contributed by atoms with E-state index < -0.39 is 0 Å². The molecule has 2 fully saturated rings. The maximum Gasteiger partial charge on any atom is 0.245 e. The Kier molecular flexibility index (Phi) is 5.02. The zero-order valence-corrected chi connectivity index (χ0v) is 12.9. The molecule has 2 heterocycles. The smallest absolute Gasteiger partial charge is 0.245 e. The van der Waals surface area contributed by atoms with Gasteiger partial charge in [-0.2, -0.15) is 0 Å². The molecule has 0 spiro atoms. The quantitative estimate of drug-likeness (QED) is 0.834. The molecule has 5 nitrogen and oxygen atoms in total. The first-order valence-electron chi connectivity index (χ1n) is 7.81. The van der Waals surface area contributed by atoms with E-state index in [9.17, 15) is 9.59 Å². The molecule has 0 aliphatic carbocycles. The number of rotatable bonds is 3. The summed E-state index contributed by atoms with van der Waals surface area (Å²) in [4.78, 5) is 28.9. The Bertz CT molecular complexity index is 372. The number of piperidine rings is 1. The molecule has 0 bridgehead atoms. The molecule has 3 atom stereocenters. The van der Waals surface area contributed by atoms with Crippen LogP contribution in [-0.4, -0.2) is 60.4 Å². The number of carbonyl (C=O) groups excluding carboxylic acids is 2. The minimum absolute atomic E-state index is 0.00955. The van der Waals surface area contributed by atoms with Gasteiger partial charge in [-0.15, -0.1) is 0 Å². The predicted molar refractivity (Wildman–Crippen MR) is 78.2 cm³/mol. The average Bonchev–Trinajstić information content (AvgIpc) is 2.58. The van der Waals surface area contributed by atoms with E-state index in [1.165, 1.54) is 0 Å². The molecule has 5 heteroatoms. The molecule has 2 amide bonds. The van der Waals surface area contributed by atoms with Gasteiger partial charge < -0.3 is 15.1 Å². The number of carbonyl (C=O) groups is 2. The zero-order chi connectivity index (χ0) is 14.7. The Morgan fingerprint density at radius 1 is 1.35 bits per heavy atom. The van der Waals surface area contributed by atoms with Crippen LogP contribution in [0.25, 0.3) is 0 Å². The molecular weight excluding hydrogens is 254 g/mol. The number of likely N-dealkylation sites (N-methyl/N-ethyl adjacent to an activating group) is 1. The maximum absolute atomic E-state index is 12.8. The van der Waals surface area contributed by atoms with Crippen molar-refractivity contribution in [2.75, 3.05) is 26.7 Å². The fourth-order valence-electron chi connectivity index (χ4n) is 3.20. The lowest BCUT2D eigenvalue weighted by molar-refractivity contribution is -0.137. The van der Waals surface area contributed by atoms with E-state index in [4.69, 9.17) is 0 Å². The summed E-state index contributed by atoms with van der Waals surface area (Å²) in [6, 6.07) is -0.0808. The van der Waals surface area contributed by atoms with E-state index in [0.717, 1.165) is 32.4 Å². The summed E-state index contributed by atoms with van der Waals surface area (Å²) in [6.07, 6.45) is 3.51. The van der Waals surface area contributed by atoms with E-state index in [0.29, 0.717) is 13.0 Å². The van der Waals surface area contributed by atoms with Gasteiger partial charge in [-0.25, -0.2) is 0 Å². The van der Waals surface area contributed by atoms with Crippen LogP contribution in [0.1, 0.15) is 39.5 Å². The lowest BCUT2D eigenvalue weighted by atomic mass is 9.96. The van der Waals surface area contributed by atoms with Crippen LogP contribution in [0.2, 0.25) is 0 Å². The van der Waals surface area contributed by atoms with Gasteiger partial charge in [0.25, 0.3) is 0 Å². The van der Waals surface area contributed by atoms with Gasteiger partial charge in [0.05, 0.1) is 0 Å². The van der Waals surface area contributed by atoms with Crippen LogP contribution in [-0.2, 0) is 9.59 Å². The summed E-state index contributed by atoms with van der Waals surface area (Å²) >= 11 is 0. The molecule has 1 N–H and O–H groups in total. The second-order valence-corrected chi connectivity index (χ2v) is 6.27. The van der Waals surface area contributed by atoms with Crippen LogP contribution in [0.15, 0.2) is 0 Å². The number of hydrogen-bond donors (Lipinski definition) is 1. The molecule has 0 aromatic heterocycles. The van der Waals surface area contributed by atoms with Gasteiger partial charge in [0.15, 0.2) is 0 Å². The predicted octanol–water partition coefficient (Wildman–Crippen LogP) is 0.844. The summed E-state index contributed by atoms with van der Waals surface area (Å²) in [7, 11) is 2.10. The van der Waals surface area contributed by atoms with Gasteiger partial charge in [-0.1, -0.05) is 20.3 Å². The van der Waals surface area contributed by atoms with Gasteiger partial charge in [0, 0.05) is 25.6 Å². The third-order valence-corrected chi connectivity index (χ3v) is 4.70. The molecule has 0 aromatic carbocycles. The average molecular weight is 281 g/mol. The maximum atomic E-state index is 12.8. The molecule has 0 radical (unpaired) electrons. The first-order chi connectivity index (χ1) is 9.52. The molecule has 114 valence electrons. The van der Waals surface area contributed by atoms with Gasteiger partial charge >= 0.3 is 0 Å². The molecule has 0 aromatic rings. The Morgan fingerprint density at radius 3 is 2.75 bits per heavy atom. The van der Waals surface area contributed by atoms with Gasteiger partial charge in [-0.3, -0.25) is 9.59 Å². The van der Waals surface area contributed by atoms with Crippen LogP contribution in [0.5, 0.6) is 0 Å². The Labute approximate surface area is 121 Å². The number of likely N-dealkylation sites (tertiary alicyclic amines) is 1. The molecule has 2 saturated heterocycles. The zero-order valence-electron chi connectivity index (χ0n) is 12.9. The van der Waals surface area contributed by atoms with Crippen molar-refractivity contribution in [1.82, 2.24) is 15.1 Å². The summed E-state index contributed by atoms with van der Waals surface area (Å²) in [5, 5.41) is 2.92. The Hall–Kier alpha value is -1.10. The molecule has 2 aliphatic heterocycles. The topological polar surface area (TPSA) is 52.7 Å². The first kappa shape index (κ1) is 15.3. The first-order valence-corrected chi connectivity index (χ1v) is 7.81. The fraction of sp³-hybridized carbons (Fsp3) is 0.867. The number of hydrogen-bond acceptors (Lipinski definition) is 3. The SMILES string of the molecule is CCC(C)C1NC(=O)CCN(C2CCCN(C)C2)C1=O. The molecule has 20 heavy (non-hydrogen) atoms. The second kappa shape index (κ2) is 6.57. The third-order valence-electron chi connectivity index (χ3n) is 4.70. The number of nitrogens with one attached hydrogen (secondary N) is 1. The van der Waals surface area contributed by atoms with Crippen molar-refractivity contribution in [2.24, 2.45) is 5.92 Å². The molecule has 0 saturated carbocycles. The van der Waals surface area contributed by atoms with E-state index in [1.54, 1.807) is 0 Å². The van der Waals surface area contributed by atoms with Crippen molar-refractivity contribution in [1.29, 1.82) is 0 Å². The van der Waals surface area contributed by atoms with Crippen LogP contribution in [0.4, 0.5) is 0 Å². The van der Waals surface area contributed by atoms with Crippen molar-refractivity contribution in [2.45, 2.75) is 51.6 Å². The van der Waals surface area contributed by atoms with Crippen LogP contribution < -0.4 is 5.32 Å². The van der Waals surface area contributed by atoms with Gasteiger partial charge in [-0.05, 0) is 32.4 Å². The molecule has 2 aliphatic rings. The van der Waals surface area contributed by atoms with Crippen molar-refractivity contribution >= 4 is 11.8 Å². The van der Waals surface area contributed by atoms with Crippen molar-refractivity contribution in [3.8, 4) is 0 Å². The minimum atomic E-state index is -0.345. The van der Waals surface area contributed by atoms with E-state index in [2.05, 4.69) is 24.2 Å². The normalized spacial score (nSPS) is 30.9.